The van der Waals surface area contributed by atoms with Gasteiger partial charge in [-0.1, -0.05) is 43.7 Å². The van der Waals surface area contributed by atoms with Crippen molar-refractivity contribution in [3.05, 3.63) is 35.7 Å². The van der Waals surface area contributed by atoms with Gasteiger partial charge in [0.15, 0.2) is 0 Å². The van der Waals surface area contributed by atoms with E-state index in [1.54, 1.807) is 11.3 Å². The van der Waals surface area contributed by atoms with Crippen molar-refractivity contribution in [3.8, 4) is 11.3 Å². The van der Waals surface area contributed by atoms with E-state index in [1.165, 1.54) is 25.0 Å². The molecule has 2 aromatic rings. The fraction of sp³-hybridized carbons (Fsp3) is 0.375. The van der Waals surface area contributed by atoms with E-state index in [2.05, 4.69) is 39.9 Å². The molecule has 1 aliphatic carbocycles. The first-order valence-corrected chi connectivity index (χ1v) is 8.04. The fourth-order valence-electron chi connectivity index (χ4n) is 2.52. The van der Waals surface area contributed by atoms with Crippen molar-refractivity contribution < 1.29 is 0 Å². The molecule has 0 aliphatic heterocycles. The van der Waals surface area contributed by atoms with Crippen LogP contribution in [0, 0.1) is 5.92 Å². The quantitative estimate of drug-likeness (QED) is 0.823. The van der Waals surface area contributed by atoms with Crippen LogP contribution in [0.4, 0.5) is 5.13 Å². The normalized spacial score (nSPS) is 21.1. The summed E-state index contributed by atoms with van der Waals surface area (Å²) in [4.78, 5) is 4.59. The second kappa shape index (κ2) is 6.18. The van der Waals surface area contributed by atoms with Crippen molar-refractivity contribution in [1.82, 2.24) is 4.98 Å². The maximum atomic E-state index is 4.59. The molecule has 1 saturated carbocycles. The summed E-state index contributed by atoms with van der Waals surface area (Å²) >= 11 is 1.60. The largest absolute Gasteiger partial charge is 0.253 e. The molecule has 0 bridgehead atoms. The average Bonchev–Trinajstić information content (AvgIpc) is 2.96. The molecule has 1 fully saturated rings. The van der Waals surface area contributed by atoms with Crippen molar-refractivity contribution >= 4 is 22.2 Å². The lowest BCUT2D eigenvalue weighted by Gasteiger charge is -2.19. The van der Waals surface area contributed by atoms with E-state index in [0.717, 1.165) is 22.8 Å². The molecular formula is C16H19N3S. The van der Waals surface area contributed by atoms with E-state index in [0.29, 0.717) is 5.92 Å². The van der Waals surface area contributed by atoms with Gasteiger partial charge < -0.3 is 0 Å². The van der Waals surface area contributed by atoms with Crippen LogP contribution in [0.25, 0.3) is 11.3 Å². The summed E-state index contributed by atoms with van der Waals surface area (Å²) in [6, 6.07) is 10.2. The number of rotatable bonds is 3. The minimum Gasteiger partial charge on any atom is -0.253 e. The van der Waals surface area contributed by atoms with Crippen molar-refractivity contribution in [1.29, 1.82) is 0 Å². The average molecular weight is 285 g/mol. The predicted octanol–water partition coefficient (Wildman–Crippen LogP) is 4.79. The number of hydrogen-bond acceptors (Lipinski definition) is 4. The standard InChI is InChI=1S/C16H19N3S/c1-12-7-5-6-10-14(12)18-19-16-17-15(11-20-16)13-8-3-2-4-9-13/h2-4,8-9,11-12H,5-7,10H2,1H3,(H,17,19)/t12-/m1/s1. The molecule has 1 N–H and O–H groups in total. The summed E-state index contributed by atoms with van der Waals surface area (Å²) in [6.07, 6.45) is 4.96. The first kappa shape index (κ1) is 13.3. The van der Waals surface area contributed by atoms with Crippen LogP contribution in [0.5, 0.6) is 0 Å². The molecule has 3 rings (SSSR count). The summed E-state index contributed by atoms with van der Waals surface area (Å²) < 4.78 is 0. The summed E-state index contributed by atoms with van der Waals surface area (Å²) in [5.41, 5.74) is 6.57. The Kier molecular flexibility index (Phi) is 4.11. The third-order valence-electron chi connectivity index (χ3n) is 3.76. The highest BCUT2D eigenvalue weighted by Crippen LogP contribution is 2.25. The molecular weight excluding hydrogens is 266 g/mol. The highest BCUT2D eigenvalue weighted by molar-refractivity contribution is 7.14. The van der Waals surface area contributed by atoms with Crippen molar-refractivity contribution in [2.24, 2.45) is 11.0 Å². The molecule has 20 heavy (non-hydrogen) atoms. The molecule has 3 nitrogen and oxygen atoms in total. The number of hydrogen-bond donors (Lipinski definition) is 1. The van der Waals surface area contributed by atoms with Crippen molar-refractivity contribution in [2.45, 2.75) is 32.6 Å². The zero-order valence-corrected chi connectivity index (χ0v) is 12.5. The lowest BCUT2D eigenvalue weighted by molar-refractivity contribution is 0.558. The van der Waals surface area contributed by atoms with E-state index >= 15 is 0 Å². The molecule has 0 amide bonds. The third-order valence-corrected chi connectivity index (χ3v) is 4.50. The summed E-state index contributed by atoms with van der Waals surface area (Å²) in [7, 11) is 0. The van der Waals surface area contributed by atoms with Gasteiger partial charge in [0.25, 0.3) is 0 Å². The Morgan fingerprint density at radius 1 is 1.25 bits per heavy atom. The molecule has 1 heterocycles. The Labute approximate surface area is 123 Å². The monoisotopic (exact) mass is 285 g/mol. The van der Waals surface area contributed by atoms with Gasteiger partial charge in [-0.25, -0.2) is 4.98 Å². The predicted molar refractivity (Wildman–Crippen MR) is 86.2 cm³/mol. The molecule has 4 heteroatoms. The SMILES string of the molecule is C[C@@H]1CCCCC1=NNc1nc(-c2ccccc2)cs1. The second-order valence-corrected chi connectivity index (χ2v) is 6.12. The van der Waals surface area contributed by atoms with Gasteiger partial charge in [-0.05, 0) is 25.2 Å². The van der Waals surface area contributed by atoms with E-state index in [-0.39, 0.29) is 0 Å². The molecule has 0 radical (unpaired) electrons. The van der Waals surface area contributed by atoms with E-state index in [1.807, 2.05) is 18.2 Å². The van der Waals surface area contributed by atoms with E-state index < -0.39 is 0 Å². The lowest BCUT2D eigenvalue weighted by Crippen LogP contribution is -2.17. The van der Waals surface area contributed by atoms with Gasteiger partial charge in [0.05, 0.1) is 5.69 Å². The molecule has 0 unspecified atom stereocenters. The highest BCUT2D eigenvalue weighted by Gasteiger charge is 2.15. The van der Waals surface area contributed by atoms with Gasteiger partial charge in [0, 0.05) is 16.7 Å². The Morgan fingerprint density at radius 3 is 2.90 bits per heavy atom. The molecule has 0 saturated heterocycles. The molecule has 1 aromatic carbocycles. The Balaban J connectivity index is 1.70. The third kappa shape index (κ3) is 3.07. The number of hydrazone groups is 1. The van der Waals surface area contributed by atoms with Gasteiger partial charge in [0.1, 0.15) is 0 Å². The molecule has 0 spiro atoms. The van der Waals surface area contributed by atoms with Crippen LogP contribution in [0.1, 0.15) is 32.6 Å². The van der Waals surface area contributed by atoms with Gasteiger partial charge in [-0.15, -0.1) is 11.3 Å². The number of aromatic nitrogens is 1. The van der Waals surface area contributed by atoms with Crippen molar-refractivity contribution in [3.63, 3.8) is 0 Å². The van der Waals surface area contributed by atoms with Crippen molar-refractivity contribution in [2.75, 3.05) is 5.43 Å². The van der Waals surface area contributed by atoms with E-state index in [4.69, 9.17) is 0 Å². The molecule has 104 valence electrons. The number of benzene rings is 1. The first-order valence-electron chi connectivity index (χ1n) is 7.16. The number of thiazole rings is 1. The number of nitrogens with one attached hydrogen (secondary N) is 1. The molecule has 1 aromatic heterocycles. The van der Waals surface area contributed by atoms with Gasteiger partial charge in [-0.2, -0.15) is 5.10 Å². The minimum atomic E-state index is 0.602. The van der Waals surface area contributed by atoms with Crippen LogP contribution in [0.3, 0.4) is 0 Å². The Bertz CT molecular complexity index is 589. The summed E-state index contributed by atoms with van der Waals surface area (Å²) in [5.74, 6) is 0.602. The van der Waals surface area contributed by atoms with Gasteiger partial charge in [0.2, 0.25) is 5.13 Å². The van der Waals surface area contributed by atoms with Gasteiger partial charge >= 0.3 is 0 Å². The summed E-state index contributed by atoms with van der Waals surface area (Å²) in [6.45, 7) is 2.26. The smallest absolute Gasteiger partial charge is 0.203 e. The van der Waals surface area contributed by atoms with Crippen LogP contribution in [-0.4, -0.2) is 10.7 Å². The fourth-order valence-corrected chi connectivity index (χ4v) is 3.18. The Morgan fingerprint density at radius 2 is 2.10 bits per heavy atom. The Hall–Kier alpha value is -1.68. The maximum absolute atomic E-state index is 4.59. The summed E-state index contributed by atoms with van der Waals surface area (Å²) in [5, 5.41) is 7.50. The maximum Gasteiger partial charge on any atom is 0.203 e. The van der Waals surface area contributed by atoms with Gasteiger partial charge in [-0.3, -0.25) is 5.43 Å². The molecule has 1 atom stereocenters. The highest BCUT2D eigenvalue weighted by atomic mass is 32.1. The van der Waals surface area contributed by atoms with Crippen LogP contribution >= 0.6 is 11.3 Å². The topological polar surface area (TPSA) is 37.3 Å². The second-order valence-electron chi connectivity index (χ2n) is 5.27. The zero-order valence-electron chi connectivity index (χ0n) is 11.7. The zero-order chi connectivity index (χ0) is 13.8. The number of nitrogens with zero attached hydrogens (tertiary/aromatic N) is 2. The van der Waals surface area contributed by atoms with Crippen LogP contribution in [-0.2, 0) is 0 Å². The minimum absolute atomic E-state index is 0.602. The first-order chi connectivity index (χ1) is 9.83. The van der Waals surface area contributed by atoms with E-state index in [9.17, 15) is 0 Å². The number of anilines is 1. The lowest BCUT2D eigenvalue weighted by atomic mass is 9.89. The molecule has 1 aliphatic rings. The van der Waals surface area contributed by atoms with Crippen LogP contribution in [0.15, 0.2) is 40.8 Å². The van der Waals surface area contributed by atoms with Crippen LogP contribution in [0.2, 0.25) is 0 Å². The van der Waals surface area contributed by atoms with Crippen LogP contribution < -0.4 is 5.43 Å².